The molecule has 1 heterocycles. The number of likely N-dealkylation sites (N-methyl/N-ethyl adjacent to an activating group) is 1. The Morgan fingerprint density at radius 1 is 1.36 bits per heavy atom. The van der Waals surface area contributed by atoms with Crippen molar-refractivity contribution in [2.75, 3.05) is 6.54 Å². The Morgan fingerprint density at radius 2 is 2.18 bits per heavy atom. The Morgan fingerprint density at radius 3 is 2.82 bits per heavy atom. The molecule has 0 bridgehead atoms. The normalized spacial score (nSPS) is 10.8. The third-order valence-electron chi connectivity index (χ3n) is 3.12. The van der Waals surface area contributed by atoms with Crippen LogP contribution in [0.5, 0.6) is 0 Å². The molecule has 0 aliphatic rings. The second kappa shape index (κ2) is 7.51. The van der Waals surface area contributed by atoms with Gasteiger partial charge in [-0.25, -0.2) is 0 Å². The predicted molar refractivity (Wildman–Crippen MR) is 87.5 cm³/mol. The zero-order valence-corrected chi connectivity index (χ0v) is 13.0. The number of nitro groups is 1. The van der Waals surface area contributed by atoms with E-state index in [2.05, 4.69) is 0 Å². The molecule has 0 aliphatic heterocycles. The topological polar surface area (TPSA) is 63.5 Å². The molecule has 0 unspecified atom stereocenters. The van der Waals surface area contributed by atoms with Gasteiger partial charge in [0.25, 0.3) is 5.69 Å². The fourth-order valence-corrected chi connectivity index (χ4v) is 2.67. The number of thiophene rings is 1. The molecule has 1 amide bonds. The fourth-order valence-electron chi connectivity index (χ4n) is 1.95. The van der Waals surface area contributed by atoms with Crippen LogP contribution in [0.4, 0.5) is 5.69 Å². The van der Waals surface area contributed by atoms with Gasteiger partial charge >= 0.3 is 0 Å². The van der Waals surface area contributed by atoms with Gasteiger partial charge < -0.3 is 4.90 Å². The SMILES string of the molecule is CCN(Cc1cccs1)C(=O)/C=C/c1cccc([N+](=O)[O-])c1. The van der Waals surface area contributed by atoms with Crippen LogP contribution in [0.3, 0.4) is 0 Å². The van der Waals surface area contributed by atoms with Gasteiger partial charge in [-0.2, -0.15) is 0 Å². The predicted octanol–water partition coefficient (Wildman–Crippen LogP) is 3.72. The largest absolute Gasteiger partial charge is 0.334 e. The summed E-state index contributed by atoms with van der Waals surface area (Å²) in [6.07, 6.45) is 3.06. The molecule has 22 heavy (non-hydrogen) atoms. The average molecular weight is 316 g/mol. The molecule has 1 aromatic heterocycles. The maximum atomic E-state index is 12.2. The van der Waals surface area contributed by atoms with Crippen LogP contribution >= 0.6 is 11.3 Å². The molecule has 0 saturated heterocycles. The molecular formula is C16H16N2O3S. The first-order chi connectivity index (χ1) is 10.6. The van der Waals surface area contributed by atoms with Crippen LogP contribution in [-0.2, 0) is 11.3 Å². The van der Waals surface area contributed by atoms with Crippen molar-refractivity contribution in [3.8, 4) is 0 Å². The fraction of sp³-hybridized carbons (Fsp3) is 0.188. The first-order valence-corrected chi connectivity index (χ1v) is 7.72. The van der Waals surface area contributed by atoms with Crippen molar-refractivity contribution >= 4 is 29.0 Å². The molecule has 0 spiro atoms. The van der Waals surface area contributed by atoms with E-state index in [0.29, 0.717) is 18.7 Å². The van der Waals surface area contributed by atoms with Crippen LogP contribution in [0.25, 0.3) is 6.08 Å². The molecule has 0 aliphatic carbocycles. The van der Waals surface area contributed by atoms with Crippen molar-refractivity contribution < 1.29 is 9.72 Å². The number of hydrogen-bond donors (Lipinski definition) is 0. The van der Waals surface area contributed by atoms with E-state index in [1.54, 1.807) is 34.4 Å². The van der Waals surface area contributed by atoms with Crippen LogP contribution in [0.15, 0.2) is 47.9 Å². The van der Waals surface area contributed by atoms with Gasteiger partial charge in [0, 0.05) is 29.6 Å². The maximum absolute atomic E-state index is 12.2. The van der Waals surface area contributed by atoms with Crippen molar-refractivity contribution in [2.24, 2.45) is 0 Å². The number of benzene rings is 1. The van der Waals surface area contributed by atoms with E-state index in [4.69, 9.17) is 0 Å². The van der Waals surface area contributed by atoms with E-state index in [1.807, 2.05) is 24.4 Å². The van der Waals surface area contributed by atoms with Crippen LogP contribution in [-0.4, -0.2) is 22.3 Å². The summed E-state index contributed by atoms with van der Waals surface area (Å²) in [7, 11) is 0. The number of carbonyl (C=O) groups excluding carboxylic acids is 1. The third kappa shape index (κ3) is 4.26. The molecule has 5 nitrogen and oxygen atoms in total. The van der Waals surface area contributed by atoms with Crippen molar-refractivity contribution in [1.82, 2.24) is 4.90 Å². The van der Waals surface area contributed by atoms with E-state index in [1.165, 1.54) is 18.2 Å². The zero-order chi connectivity index (χ0) is 15.9. The molecule has 0 radical (unpaired) electrons. The van der Waals surface area contributed by atoms with Gasteiger partial charge in [-0.3, -0.25) is 14.9 Å². The van der Waals surface area contributed by atoms with Crippen LogP contribution in [0, 0.1) is 10.1 Å². The molecule has 1 aromatic carbocycles. The second-order valence-electron chi connectivity index (χ2n) is 4.62. The van der Waals surface area contributed by atoms with Crippen molar-refractivity contribution in [3.05, 3.63) is 68.4 Å². The number of amides is 1. The minimum atomic E-state index is -0.450. The molecule has 2 aromatic rings. The monoisotopic (exact) mass is 316 g/mol. The first-order valence-electron chi connectivity index (χ1n) is 6.84. The molecule has 6 heteroatoms. The van der Waals surface area contributed by atoms with Gasteiger partial charge in [-0.1, -0.05) is 18.2 Å². The molecule has 114 valence electrons. The van der Waals surface area contributed by atoms with Crippen molar-refractivity contribution in [3.63, 3.8) is 0 Å². The summed E-state index contributed by atoms with van der Waals surface area (Å²) < 4.78 is 0. The highest BCUT2D eigenvalue weighted by molar-refractivity contribution is 7.09. The lowest BCUT2D eigenvalue weighted by molar-refractivity contribution is -0.384. The van der Waals surface area contributed by atoms with Gasteiger partial charge in [0.2, 0.25) is 5.91 Å². The standard InChI is InChI=1S/C16H16N2O3S/c1-2-17(12-15-7-4-10-22-15)16(19)9-8-13-5-3-6-14(11-13)18(20)21/h3-11H,2,12H2,1H3/b9-8+. The smallest absolute Gasteiger partial charge is 0.270 e. The molecule has 2 rings (SSSR count). The van der Waals surface area contributed by atoms with E-state index in [0.717, 1.165) is 4.88 Å². The summed E-state index contributed by atoms with van der Waals surface area (Å²) in [6, 6.07) is 10.1. The Balaban J connectivity index is 2.06. The van der Waals surface area contributed by atoms with Gasteiger partial charge in [0.1, 0.15) is 0 Å². The minimum absolute atomic E-state index is 0.0144. The summed E-state index contributed by atoms with van der Waals surface area (Å²) in [5, 5.41) is 12.7. The van der Waals surface area contributed by atoms with E-state index < -0.39 is 4.92 Å². The highest BCUT2D eigenvalue weighted by Gasteiger charge is 2.10. The Kier molecular flexibility index (Phi) is 5.43. The molecule has 0 atom stereocenters. The van der Waals surface area contributed by atoms with Gasteiger partial charge in [-0.15, -0.1) is 11.3 Å². The lowest BCUT2D eigenvalue weighted by atomic mass is 10.2. The summed E-state index contributed by atoms with van der Waals surface area (Å²) in [5.41, 5.74) is 0.648. The summed E-state index contributed by atoms with van der Waals surface area (Å²) in [4.78, 5) is 25.3. The van der Waals surface area contributed by atoms with E-state index in [9.17, 15) is 14.9 Å². The maximum Gasteiger partial charge on any atom is 0.270 e. The molecular weight excluding hydrogens is 300 g/mol. The highest BCUT2D eigenvalue weighted by atomic mass is 32.1. The van der Waals surface area contributed by atoms with Gasteiger partial charge in [0.05, 0.1) is 11.5 Å². The number of nitro benzene ring substituents is 1. The van der Waals surface area contributed by atoms with Crippen molar-refractivity contribution in [2.45, 2.75) is 13.5 Å². The third-order valence-corrected chi connectivity index (χ3v) is 3.98. The summed E-state index contributed by atoms with van der Waals surface area (Å²) in [6.45, 7) is 3.11. The van der Waals surface area contributed by atoms with E-state index in [-0.39, 0.29) is 11.6 Å². The highest BCUT2D eigenvalue weighted by Crippen LogP contribution is 2.15. The number of non-ortho nitro benzene ring substituents is 1. The minimum Gasteiger partial charge on any atom is -0.334 e. The summed E-state index contributed by atoms with van der Waals surface area (Å²) in [5.74, 6) is -0.109. The average Bonchev–Trinajstić information content (AvgIpc) is 3.03. The number of rotatable bonds is 6. The lowest BCUT2D eigenvalue weighted by Gasteiger charge is -2.18. The van der Waals surface area contributed by atoms with Crippen LogP contribution < -0.4 is 0 Å². The summed E-state index contributed by atoms with van der Waals surface area (Å²) >= 11 is 1.61. The Hall–Kier alpha value is -2.47. The number of nitrogens with zero attached hydrogens (tertiary/aromatic N) is 2. The molecule has 0 N–H and O–H groups in total. The molecule has 0 saturated carbocycles. The van der Waals surface area contributed by atoms with Crippen molar-refractivity contribution in [1.29, 1.82) is 0 Å². The van der Waals surface area contributed by atoms with Crippen LogP contribution in [0.2, 0.25) is 0 Å². The van der Waals surface area contributed by atoms with Gasteiger partial charge in [-0.05, 0) is 30.0 Å². The first kappa shape index (κ1) is 15.9. The lowest BCUT2D eigenvalue weighted by Crippen LogP contribution is -2.28. The zero-order valence-electron chi connectivity index (χ0n) is 12.1. The van der Waals surface area contributed by atoms with Crippen LogP contribution in [0.1, 0.15) is 17.4 Å². The quantitative estimate of drug-likeness (QED) is 0.463. The number of hydrogen-bond acceptors (Lipinski definition) is 4. The molecule has 0 fully saturated rings. The Bertz CT molecular complexity index is 680. The van der Waals surface area contributed by atoms with E-state index >= 15 is 0 Å². The second-order valence-corrected chi connectivity index (χ2v) is 5.65. The van der Waals surface area contributed by atoms with Gasteiger partial charge in [0.15, 0.2) is 0 Å². The Labute approximate surface area is 132 Å². The number of carbonyl (C=O) groups is 1.